The maximum atomic E-state index is 11.1. The second-order valence-electron chi connectivity index (χ2n) is 4.45. The molecule has 0 aromatic heterocycles. The number of aldehydes is 1. The number of hydrogen-bond acceptors (Lipinski definition) is 2. The van der Waals surface area contributed by atoms with Gasteiger partial charge in [-0.05, 0) is 35.7 Å². The standard InChI is InChI=1S/C15H14O3/c1-9-3-4-12-7-11(10(2)15(17)18)5-6-13(12)14(9)8-16/h3-8,10H,1-2H3,(H,17,18). The third-order valence-electron chi connectivity index (χ3n) is 3.29. The lowest BCUT2D eigenvalue weighted by Gasteiger charge is -2.10. The predicted molar refractivity (Wildman–Crippen MR) is 70.1 cm³/mol. The van der Waals surface area contributed by atoms with Crippen LogP contribution in [0.5, 0.6) is 0 Å². The molecule has 1 N–H and O–H groups in total. The van der Waals surface area contributed by atoms with Gasteiger partial charge in [0.2, 0.25) is 0 Å². The van der Waals surface area contributed by atoms with Gasteiger partial charge in [-0.3, -0.25) is 9.59 Å². The Morgan fingerprint density at radius 1 is 1.28 bits per heavy atom. The molecule has 1 unspecified atom stereocenters. The summed E-state index contributed by atoms with van der Waals surface area (Å²) in [5.41, 5.74) is 2.34. The van der Waals surface area contributed by atoms with Crippen LogP contribution in [0.25, 0.3) is 10.8 Å². The second kappa shape index (κ2) is 4.61. The Morgan fingerprint density at radius 3 is 2.61 bits per heavy atom. The summed E-state index contributed by atoms with van der Waals surface area (Å²) in [5.74, 6) is -1.40. The first kappa shape index (κ1) is 12.3. The molecule has 0 fully saturated rings. The molecule has 0 spiro atoms. The molecule has 3 heteroatoms. The fourth-order valence-electron chi connectivity index (χ4n) is 2.05. The number of carbonyl (C=O) groups is 2. The summed E-state index contributed by atoms with van der Waals surface area (Å²) in [4.78, 5) is 22.0. The van der Waals surface area contributed by atoms with Crippen LogP contribution >= 0.6 is 0 Å². The van der Waals surface area contributed by atoms with Gasteiger partial charge in [0.15, 0.2) is 6.29 Å². The van der Waals surface area contributed by atoms with Gasteiger partial charge in [0.1, 0.15) is 0 Å². The van der Waals surface area contributed by atoms with Gasteiger partial charge in [-0.2, -0.15) is 0 Å². The third kappa shape index (κ3) is 1.99. The van der Waals surface area contributed by atoms with Crippen molar-refractivity contribution < 1.29 is 14.7 Å². The van der Waals surface area contributed by atoms with Crippen LogP contribution in [-0.4, -0.2) is 17.4 Å². The smallest absolute Gasteiger partial charge is 0.310 e. The molecular weight excluding hydrogens is 228 g/mol. The van der Waals surface area contributed by atoms with Crippen molar-refractivity contribution in [3.8, 4) is 0 Å². The van der Waals surface area contributed by atoms with E-state index in [1.807, 2.05) is 31.2 Å². The van der Waals surface area contributed by atoms with Crippen LogP contribution in [0.2, 0.25) is 0 Å². The number of carboxylic acid groups (broad SMARTS) is 1. The predicted octanol–water partition coefficient (Wildman–Crippen LogP) is 3.15. The summed E-state index contributed by atoms with van der Waals surface area (Å²) in [7, 11) is 0. The molecule has 0 radical (unpaired) electrons. The first-order valence-corrected chi connectivity index (χ1v) is 5.76. The Bertz CT molecular complexity index is 629. The monoisotopic (exact) mass is 242 g/mol. The summed E-state index contributed by atoms with van der Waals surface area (Å²) in [6.45, 7) is 3.54. The Balaban J connectivity index is 2.64. The number of carboxylic acids is 1. The minimum absolute atomic E-state index is 0.546. The van der Waals surface area contributed by atoms with Crippen LogP contribution in [0.4, 0.5) is 0 Å². The van der Waals surface area contributed by atoms with E-state index in [0.717, 1.165) is 28.2 Å². The largest absolute Gasteiger partial charge is 0.481 e. The minimum atomic E-state index is -0.850. The van der Waals surface area contributed by atoms with E-state index in [-0.39, 0.29) is 0 Å². The highest BCUT2D eigenvalue weighted by Gasteiger charge is 2.14. The van der Waals surface area contributed by atoms with E-state index in [0.29, 0.717) is 5.56 Å². The van der Waals surface area contributed by atoms with Crippen molar-refractivity contribution in [3.63, 3.8) is 0 Å². The van der Waals surface area contributed by atoms with Crippen molar-refractivity contribution >= 4 is 23.0 Å². The van der Waals surface area contributed by atoms with Crippen LogP contribution in [0.3, 0.4) is 0 Å². The average Bonchev–Trinajstić information content (AvgIpc) is 2.37. The van der Waals surface area contributed by atoms with E-state index >= 15 is 0 Å². The number of benzene rings is 2. The highest BCUT2D eigenvalue weighted by Crippen LogP contribution is 2.25. The summed E-state index contributed by atoms with van der Waals surface area (Å²) in [6.07, 6.45) is 0.845. The SMILES string of the molecule is Cc1ccc2cc(C(C)C(=O)O)ccc2c1C=O. The van der Waals surface area contributed by atoms with E-state index < -0.39 is 11.9 Å². The maximum absolute atomic E-state index is 11.1. The molecule has 0 saturated carbocycles. The van der Waals surface area contributed by atoms with Crippen LogP contribution in [-0.2, 0) is 4.79 Å². The summed E-state index contributed by atoms with van der Waals surface area (Å²) >= 11 is 0. The minimum Gasteiger partial charge on any atom is -0.481 e. The number of fused-ring (bicyclic) bond motifs is 1. The van der Waals surface area contributed by atoms with E-state index in [1.54, 1.807) is 13.0 Å². The molecule has 2 rings (SSSR count). The summed E-state index contributed by atoms with van der Waals surface area (Å²) < 4.78 is 0. The van der Waals surface area contributed by atoms with Crippen molar-refractivity contribution in [1.82, 2.24) is 0 Å². The zero-order valence-corrected chi connectivity index (χ0v) is 10.3. The van der Waals surface area contributed by atoms with E-state index in [9.17, 15) is 9.59 Å². The molecule has 0 aliphatic rings. The molecular formula is C15H14O3. The molecule has 0 aliphatic heterocycles. The quantitative estimate of drug-likeness (QED) is 0.841. The van der Waals surface area contributed by atoms with E-state index in [4.69, 9.17) is 5.11 Å². The number of hydrogen-bond donors (Lipinski definition) is 1. The molecule has 0 aliphatic carbocycles. The van der Waals surface area contributed by atoms with Gasteiger partial charge in [-0.25, -0.2) is 0 Å². The zero-order chi connectivity index (χ0) is 13.3. The van der Waals surface area contributed by atoms with Gasteiger partial charge in [0.05, 0.1) is 5.92 Å². The average molecular weight is 242 g/mol. The van der Waals surface area contributed by atoms with Crippen molar-refractivity contribution in [2.45, 2.75) is 19.8 Å². The lowest BCUT2D eigenvalue weighted by atomic mass is 9.94. The Morgan fingerprint density at radius 2 is 2.00 bits per heavy atom. The molecule has 0 amide bonds. The first-order valence-electron chi connectivity index (χ1n) is 5.76. The fraction of sp³-hybridized carbons (Fsp3) is 0.200. The lowest BCUT2D eigenvalue weighted by Crippen LogP contribution is -2.07. The van der Waals surface area contributed by atoms with Crippen LogP contribution in [0.15, 0.2) is 30.3 Å². The topological polar surface area (TPSA) is 54.4 Å². The van der Waals surface area contributed by atoms with Crippen molar-refractivity contribution in [1.29, 1.82) is 0 Å². The molecule has 0 heterocycles. The zero-order valence-electron chi connectivity index (χ0n) is 10.3. The third-order valence-corrected chi connectivity index (χ3v) is 3.29. The highest BCUT2D eigenvalue weighted by molar-refractivity contribution is 6.00. The number of aliphatic carboxylic acids is 1. The second-order valence-corrected chi connectivity index (χ2v) is 4.45. The number of rotatable bonds is 3. The Labute approximate surface area is 105 Å². The molecule has 0 bridgehead atoms. The van der Waals surface area contributed by atoms with Crippen LogP contribution in [0, 0.1) is 6.92 Å². The normalized spacial score (nSPS) is 12.3. The van der Waals surface area contributed by atoms with Crippen molar-refractivity contribution in [2.75, 3.05) is 0 Å². The van der Waals surface area contributed by atoms with Crippen molar-refractivity contribution in [3.05, 3.63) is 47.0 Å². The molecule has 3 nitrogen and oxygen atoms in total. The van der Waals surface area contributed by atoms with Gasteiger partial charge in [-0.1, -0.05) is 30.3 Å². The number of carbonyl (C=O) groups excluding carboxylic acids is 1. The van der Waals surface area contributed by atoms with E-state index in [1.165, 1.54) is 0 Å². The molecule has 0 saturated heterocycles. The molecule has 18 heavy (non-hydrogen) atoms. The van der Waals surface area contributed by atoms with Gasteiger partial charge in [0, 0.05) is 5.56 Å². The van der Waals surface area contributed by atoms with Crippen LogP contribution < -0.4 is 0 Å². The Kier molecular flexibility index (Phi) is 3.15. The van der Waals surface area contributed by atoms with Crippen molar-refractivity contribution in [2.24, 2.45) is 0 Å². The fourth-order valence-corrected chi connectivity index (χ4v) is 2.05. The van der Waals surface area contributed by atoms with Gasteiger partial charge >= 0.3 is 5.97 Å². The van der Waals surface area contributed by atoms with Gasteiger partial charge in [0.25, 0.3) is 0 Å². The van der Waals surface area contributed by atoms with E-state index in [2.05, 4.69) is 0 Å². The number of aryl methyl sites for hydroxylation is 1. The lowest BCUT2D eigenvalue weighted by molar-refractivity contribution is -0.138. The first-order chi connectivity index (χ1) is 8.54. The molecule has 2 aromatic rings. The molecule has 92 valence electrons. The van der Waals surface area contributed by atoms with Gasteiger partial charge in [-0.15, -0.1) is 0 Å². The molecule has 1 atom stereocenters. The highest BCUT2D eigenvalue weighted by atomic mass is 16.4. The van der Waals surface area contributed by atoms with Crippen LogP contribution in [0.1, 0.15) is 34.3 Å². The molecule has 2 aromatic carbocycles. The summed E-state index contributed by atoms with van der Waals surface area (Å²) in [6, 6.07) is 9.21. The Hall–Kier alpha value is -2.16. The van der Waals surface area contributed by atoms with Gasteiger partial charge < -0.3 is 5.11 Å². The maximum Gasteiger partial charge on any atom is 0.310 e. The summed E-state index contributed by atoms with van der Waals surface area (Å²) in [5, 5.41) is 10.8.